The number of hydrogen-bond acceptors (Lipinski definition) is 3. The fraction of sp³-hybridized carbons (Fsp3) is 0.900. The van der Waals surface area contributed by atoms with Crippen LogP contribution in [-0.2, 0) is 9.53 Å². The Balaban J connectivity index is 2.13. The molecule has 0 aliphatic carbocycles. The van der Waals surface area contributed by atoms with Crippen molar-refractivity contribution >= 4 is 5.91 Å². The first-order valence-electron chi connectivity index (χ1n) is 5.19. The Labute approximate surface area is 85.6 Å². The standard InChI is InChI=1S/C10H20N2O2/c1-8(2)14-5-4-10(13)12(3)9-6-11-7-9/h8-9,11H,4-7H2,1-3H3. The molecule has 1 amide bonds. The van der Waals surface area contributed by atoms with Gasteiger partial charge in [-0.1, -0.05) is 0 Å². The third-order valence-corrected chi connectivity index (χ3v) is 2.47. The lowest BCUT2D eigenvalue weighted by Crippen LogP contribution is -2.57. The van der Waals surface area contributed by atoms with E-state index in [1.54, 1.807) is 0 Å². The summed E-state index contributed by atoms with van der Waals surface area (Å²) < 4.78 is 5.33. The maximum Gasteiger partial charge on any atom is 0.224 e. The Morgan fingerprint density at radius 1 is 1.57 bits per heavy atom. The van der Waals surface area contributed by atoms with Gasteiger partial charge in [0.15, 0.2) is 0 Å². The first-order chi connectivity index (χ1) is 6.61. The van der Waals surface area contributed by atoms with Crippen molar-refractivity contribution in [2.75, 3.05) is 26.7 Å². The van der Waals surface area contributed by atoms with E-state index in [1.165, 1.54) is 0 Å². The molecule has 0 aromatic heterocycles. The molecule has 0 unspecified atom stereocenters. The number of ether oxygens (including phenoxy) is 1. The molecular weight excluding hydrogens is 180 g/mol. The van der Waals surface area contributed by atoms with Crippen molar-refractivity contribution in [3.05, 3.63) is 0 Å². The van der Waals surface area contributed by atoms with Gasteiger partial charge in [0.2, 0.25) is 5.91 Å². The summed E-state index contributed by atoms with van der Waals surface area (Å²) >= 11 is 0. The van der Waals surface area contributed by atoms with Crippen LogP contribution in [-0.4, -0.2) is 49.7 Å². The normalized spacial score (nSPS) is 16.9. The zero-order valence-corrected chi connectivity index (χ0v) is 9.25. The average molecular weight is 200 g/mol. The molecular formula is C10H20N2O2. The first kappa shape index (κ1) is 11.5. The molecule has 1 N–H and O–H groups in total. The largest absolute Gasteiger partial charge is 0.378 e. The summed E-state index contributed by atoms with van der Waals surface area (Å²) in [5, 5.41) is 3.15. The van der Waals surface area contributed by atoms with Crippen LogP contribution in [0, 0.1) is 0 Å². The lowest BCUT2D eigenvalue weighted by Gasteiger charge is -2.35. The Hall–Kier alpha value is -0.610. The number of carbonyl (C=O) groups is 1. The highest BCUT2D eigenvalue weighted by atomic mass is 16.5. The van der Waals surface area contributed by atoms with Gasteiger partial charge >= 0.3 is 0 Å². The SMILES string of the molecule is CC(C)OCCC(=O)N(C)C1CNC1. The summed E-state index contributed by atoms with van der Waals surface area (Å²) in [6.45, 7) is 6.33. The number of amides is 1. The topological polar surface area (TPSA) is 41.6 Å². The van der Waals surface area contributed by atoms with E-state index in [4.69, 9.17) is 4.74 Å². The highest BCUT2D eigenvalue weighted by molar-refractivity contribution is 5.76. The molecule has 0 aromatic rings. The summed E-state index contributed by atoms with van der Waals surface area (Å²) in [6.07, 6.45) is 0.698. The van der Waals surface area contributed by atoms with Gasteiger partial charge in [-0.25, -0.2) is 0 Å². The van der Waals surface area contributed by atoms with Gasteiger partial charge in [0.25, 0.3) is 0 Å². The number of hydrogen-bond donors (Lipinski definition) is 1. The van der Waals surface area contributed by atoms with Crippen LogP contribution in [0.15, 0.2) is 0 Å². The Morgan fingerprint density at radius 3 is 2.64 bits per heavy atom. The molecule has 4 heteroatoms. The van der Waals surface area contributed by atoms with E-state index < -0.39 is 0 Å². The van der Waals surface area contributed by atoms with Gasteiger partial charge in [-0.05, 0) is 13.8 Å². The highest BCUT2D eigenvalue weighted by Gasteiger charge is 2.24. The maximum atomic E-state index is 11.6. The summed E-state index contributed by atoms with van der Waals surface area (Å²) in [5.74, 6) is 0.178. The lowest BCUT2D eigenvalue weighted by molar-refractivity contribution is -0.134. The van der Waals surface area contributed by atoms with E-state index in [0.29, 0.717) is 19.1 Å². The van der Waals surface area contributed by atoms with Crippen molar-refractivity contribution in [3.63, 3.8) is 0 Å². The van der Waals surface area contributed by atoms with Crippen molar-refractivity contribution in [1.82, 2.24) is 10.2 Å². The second kappa shape index (κ2) is 5.32. The van der Waals surface area contributed by atoms with Crippen molar-refractivity contribution in [1.29, 1.82) is 0 Å². The zero-order valence-electron chi connectivity index (χ0n) is 9.25. The molecule has 0 aromatic carbocycles. The summed E-state index contributed by atoms with van der Waals surface area (Å²) in [7, 11) is 1.86. The summed E-state index contributed by atoms with van der Waals surface area (Å²) in [6, 6.07) is 0.390. The van der Waals surface area contributed by atoms with E-state index in [9.17, 15) is 4.79 Å². The monoisotopic (exact) mass is 200 g/mol. The van der Waals surface area contributed by atoms with Gasteiger partial charge in [-0.2, -0.15) is 0 Å². The van der Waals surface area contributed by atoms with Gasteiger partial charge in [-0.3, -0.25) is 4.79 Å². The van der Waals surface area contributed by atoms with Gasteiger partial charge in [0.1, 0.15) is 0 Å². The number of carbonyl (C=O) groups excluding carboxylic acids is 1. The molecule has 0 spiro atoms. The first-order valence-corrected chi connectivity index (χ1v) is 5.19. The van der Waals surface area contributed by atoms with Gasteiger partial charge in [0.05, 0.1) is 25.2 Å². The van der Waals surface area contributed by atoms with E-state index in [2.05, 4.69) is 5.32 Å². The molecule has 4 nitrogen and oxygen atoms in total. The molecule has 1 rings (SSSR count). The second-order valence-electron chi connectivity index (χ2n) is 3.99. The lowest BCUT2D eigenvalue weighted by atomic mass is 10.1. The quantitative estimate of drug-likeness (QED) is 0.691. The van der Waals surface area contributed by atoms with Crippen LogP contribution in [0.4, 0.5) is 0 Å². The van der Waals surface area contributed by atoms with E-state index >= 15 is 0 Å². The molecule has 1 aliphatic rings. The predicted molar refractivity (Wildman–Crippen MR) is 55.1 cm³/mol. The highest BCUT2D eigenvalue weighted by Crippen LogP contribution is 2.04. The smallest absolute Gasteiger partial charge is 0.224 e. The zero-order chi connectivity index (χ0) is 10.6. The number of nitrogens with one attached hydrogen (secondary N) is 1. The summed E-state index contributed by atoms with van der Waals surface area (Å²) in [4.78, 5) is 13.4. The molecule has 1 aliphatic heterocycles. The third-order valence-electron chi connectivity index (χ3n) is 2.47. The van der Waals surface area contributed by atoms with Crippen molar-refractivity contribution in [3.8, 4) is 0 Å². The van der Waals surface area contributed by atoms with Gasteiger partial charge < -0.3 is 15.0 Å². The minimum Gasteiger partial charge on any atom is -0.378 e. The van der Waals surface area contributed by atoms with Crippen LogP contribution < -0.4 is 5.32 Å². The molecule has 0 atom stereocenters. The van der Waals surface area contributed by atoms with Crippen LogP contribution >= 0.6 is 0 Å². The van der Waals surface area contributed by atoms with E-state index in [-0.39, 0.29) is 12.0 Å². The molecule has 14 heavy (non-hydrogen) atoms. The van der Waals surface area contributed by atoms with E-state index in [1.807, 2.05) is 25.8 Å². The molecule has 1 fully saturated rings. The Morgan fingerprint density at radius 2 is 2.21 bits per heavy atom. The molecule has 1 saturated heterocycles. The number of nitrogens with zero attached hydrogens (tertiary/aromatic N) is 1. The predicted octanol–water partition coefficient (Wildman–Crippen LogP) is 0.232. The van der Waals surface area contributed by atoms with E-state index in [0.717, 1.165) is 13.1 Å². The minimum absolute atomic E-state index is 0.178. The molecule has 82 valence electrons. The Kier molecular flexibility index (Phi) is 4.35. The van der Waals surface area contributed by atoms with Gasteiger partial charge in [0, 0.05) is 20.1 Å². The van der Waals surface area contributed by atoms with Crippen molar-refractivity contribution in [2.45, 2.75) is 32.4 Å². The van der Waals surface area contributed by atoms with Gasteiger partial charge in [-0.15, -0.1) is 0 Å². The van der Waals surface area contributed by atoms with Crippen molar-refractivity contribution in [2.24, 2.45) is 0 Å². The minimum atomic E-state index is 0.178. The summed E-state index contributed by atoms with van der Waals surface area (Å²) in [5.41, 5.74) is 0. The van der Waals surface area contributed by atoms with Crippen LogP contribution in [0.2, 0.25) is 0 Å². The van der Waals surface area contributed by atoms with Crippen LogP contribution in [0.25, 0.3) is 0 Å². The molecule has 0 bridgehead atoms. The number of rotatable bonds is 5. The van der Waals surface area contributed by atoms with Crippen LogP contribution in [0.5, 0.6) is 0 Å². The number of likely N-dealkylation sites (N-methyl/N-ethyl adjacent to an activating group) is 1. The van der Waals surface area contributed by atoms with Crippen LogP contribution in [0.1, 0.15) is 20.3 Å². The average Bonchev–Trinajstić information content (AvgIpc) is 2.00. The maximum absolute atomic E-state index is 11.6. The fourth-order valence-electron chi connectivity index (χ4n) is 1.31. The Bertz CT molecular complexity index is 191. The molecule has 0 saturated carbocycles. The second-order valence-corrected chi connectivity index (χ2v) is 3.99. The fourth-order valence-corrected chi connectivity index (χ4v) is 1.31. The molecule has 0 radical (unpaired) electrons. The van der Waals surface area contributed by atoms with Crippen molar-refractivity contribution < 1.29 is 9.53 Å². The third kappa shape index (κ3) is 3.27. The van der Waals surface area contributed by atoms with Crippen LogP contribution in [0.3, 0.4) is 0 Å². The molecule has 1 heterocycles.